The molecule has 5 heteroatoms. The molecular formula is C21H22Cl2N2O. The summed E-state index contributed by atoms with van der Waals surface area (Å²) in [6.07, 6.45) is 0.463. The molecule has 0 spiro atoms. The van der Waals surface area contributed by atoms with Gasteiger partial charge in [-0.25, -0.2) is 0 Å². The Hall–Kier alpha value is -1.55. The summed E-state index contributed by atoms with van der Waals surface area (Å²) in [6, 6.07) is 15.7. The molecule has 2 aromatic rings. The van der Waals surface area contributed by atoms with Crippen molar-refractivity contribution in [2.45, 2.75) is 13.0 Å². The highest BCUT2D eigenvalue weighted by Gasteiger charge is 2.41. The summed E-state index contributed by atoms with van der Waals surface area (Å²) in [5.41, 5.74) is 2.32. The zero-order valence-electron chi connectivity index (χ0n) is 14.6. The van der Waals surface area contributed by atoms with Crippen molar-refractivity contribution in [3.8, 4) is 0 Å². The fourth-order valence-electron chi connectivity index (χ4n) is 4.16. The smallest absolute Gasteiger partial charge is 0.227 e. The summed E-state index contributed by atoms with van der Waals surface area (Å²) in [6.45, 7) is 4.86. The topological polar surface area (TPSA) is 23.6 Å². The summed E-state index contributed by atoms with van der Waals surface area (Å²) in [4.78, 5) is 17.1. The number of halogens is 2. The molecule has 0 N–H and O–H groups in total. The molecule has 1 amide bonds. The molecule has 2 heterocycles. The number of likely N-dealkylation sites (tertiary alicyclic amines) is 2. The lowest BCUT2D eigenvalue weighted by molar-refractivity contribution is -0.129. The van der Waals surface area contributed by atoms with Gasteiger partial charge in [-0.15, -0.1) is 0 Å². The minimum atomic E-state index is 0.228. The number of nitrogens with zero attached hydrogens (tertiary/aromatic N) is 2. The maximum Gasteiger partial charge on any atom is 0.227 e. The average Bonchev–Trinajstić information content (AvgIpc) is 3.17. The molecule has 2 aliphatic rings. The first-order valence-electron chi connectivity index (χ1n) is 9.06. The fraction of sp³-hybridized carbons (Fsp3) is 0.381. The van der Waals surface area contributed by atoms with E-state index in [1.165, 1.54) is 5.56 Å². The molecule has 26 heavy (non-hydrogen) atoms. The highest BCUT2D eigenvalue weighted by atomic mass is 35.5. The van der Waals surface area contributed by atoms with Crippen molar-refractivity contribution in [3.63, 3.8) is 0 Å². The summed E-state index contributed by atoms with van der Waals surface area (Å²) in [7, 11) is 0. The van der Waals surface area contributed by atoms with Crippen LogP contribution in [0.4, 0.5) is 0 Å². The van der Waals surface area contributed by atoms with Gasteiger partial charge >= 0.3 is 0 Å². The largest absolute Gasteiger partial charge is 0.342 e. The van der Waals surface area contributed by atoms with Crippen LogP contribution in [0.2, 0.25) is 10.0 Å². The van der Waals surface area contributed by atoms with E-state index >= 15 is 0 Å². The van der Waals surface area contributed by atoms with Gasteiger partial charge in [0, 0.05) is 42.8 Å². The lowest BCUT2D eigenvalue weighted by Gasteiger charge is -2.22. The van der Waals surface area contributed by atoms with Gasteiger partial charge in [0.2, 0.25) is 5.91 Å². The van der Waals surface area contributed by atoms with Gasteiger partial charge in [0.1, 0.15) is 0 Å². The number of fused-ring (bicyclic) bond motifs is 1. The Labute approximate surface area is 164 Å². The second kappa shape index (κ2) is 7.59. The zero-order valence-corrected chi connectivity index (χ0v) is 16.1. The number of rotatable bonds is 4. The van der Waals surface area contributed by atoms with E-state index in [2.05, 4.69) is 17.0 Å². The molecule has 0 saturated carbocycles. The van der Waals surface area contributed by atoms with Gasteiger partial charge in [0.15, 0.2) is 0 Å². The van der Waals surface area contributed by atoms with E-state index in [1.54, 1.807) is 0 Å². The van der Waals surface area contributed by atoms with E-state index in [9.17, 15) is 4.79 Å². The molecule has 2 unspecified atom stereocenters. The second-order valence-corrected chi connectivity index (χ2v) is 8.32. The molecule has 0 aromatic heterocycles. The van der Waals surface area contributed by atoms with E-state index in [4.69, 9.17) is 23.2 Å². The summed E-state index contributed by atoms with van der Waals surface area (Å²) >= 11 is 11.9. The summed E-state index contributed by atoms with van der Waals surface area (Å²) in [5.74, 6) is 1.42. The van der Waals surface area contributed by atoms with Crippen molar-refractivity contribution in [2.75, 3.05) is 26.2 Å². The lowest BCUT2D eigenvalue weighted by Crippen LogP contribution is -2.34. The van der Waals surface area contributed by atoms with Gasteiger partial charge in [0.25, 0.3) is 0 Å². The van der Waals surface area contributed by atoms with Gasteiger partial charge in [-0.1, -0.05) is 47.5 Å². The maximum atomic E-state index is 12.6. The van der Waals surface area contributed by atoms with E-state index in [-0.39, 0.29) is 5.91 Å². The Morgan fingerprint density at radius 3 is 1.85 bits per heavy atom. The number of hydrogen-bond acceptors (Lipinski definition) is 2. The third-order valence-electron chi connectivity index (χ3n) is 5.50. The van der Waals surface area contributed by atoms with Gasteiger partial charge in [-0.3, -0.25) is 9.69 Å². The predicted molar refractivity (Wildman–Crippen MR) is 105 cm³/mol. The molecule has 0 bridgehead atoms. The molecule has 0 aliphatic carbocycles. The number of amides is 1. The number of hydrogen-bond donors (Lipinski definition) is 0. The summed E-state index contributed by atoms with van der Waals surface area (Å²) < 4.78 is 0. The van der Waals surface area contributed by atoms with Gasteiger partial charge in [-0.05, 0) is 47.2 Å². The molecule has 3 nitrogen and oxygen atoms in total. The molecule has 2 saturated heterocycles. The van der Waals surface area contributed by atoms with Crippen LogP contribution in [0, 0.1) is 11.8 Å². The van der Waals surface area contributed by atoms with Crippen LogP contribution in [0.15, 0.2) is 48.5 Å². The van der Waals surface area contributed by atoms with Gasteiger partial charge in [-0.2, -0.15) is 0 Å². The molecular weight excluding hydrogens is 367 g/mol. The molecule has 4 rings (SSSR count). The Bertz CT molecular complexity index is 762. The molecule has 136 valence electrons. The standard InChI is InChI=1S/C21H22Cl2N2O/c22-19-5-1-15(2-6-19)9-21(26)25-13-17-11-24(12-18(17)14-25)10-16-3-7-20(23)8-4-16/h1-8,17-18H,9-14H2. The quantitative estimate of drug-likeness (QED) is 0.785. The van der Waals surface area contributed by atoms with Crippen molar-refractivity contribution >= 4 is 29.1 Å². The van der Waals surface area contributed by atoms with Crippen LogP contribution in [0.1, 0.15) is 11.1 Å². The first kappa shape index (κ1) is 17.8. The van der Waals surface area contributed by atoms with Crippen LogP contribution >= 0.6 is 23.2 Å². The minimum absolute atomic E-state index is 0.228. The van der Waals surface area contributed by atoms with Crippen LogP contribution < -0.4 is 0 Å². The van der Waals surface area contributed by atoms with Crippen LogP contribution in [0.25, 0.3) is 0 Å². The molecule has 0 radical (unpaired) electrons. The zero-order chi connectivity index (χ0) is 18.1. The third kappa shape index (κ3) is 4.06. The fourth-order valence-corrected chi connectivity index (χ4v) is 4.41. The Morgan fingerprint density at radius 1 is 0.808 bits per heavy atom. The number of carbonyl (C=O) groups is 1. The van der Waals surface area contributed by atoms with Gasteiger partial charge < -0.3 is 4.90 Å². The monoisotopic (exact) mass is 388 g/mol. The van der Waals surface area contributed by atoms with Gasteiger partial charge in [0.05, 0.1) is 6.42 Å². The second-order valence-electron chi connectivity index (χ2n) is 7.44. The average molecular weight is 389 g/mol. The lowest BCUT2D eigenvalue weighted by atomic mass is 10.0. The van der Waals surface area contributed by atoms with E-state index in [1.807, 2.05) is 41.3 Å². The minimum Gasteiger partial charge on any atom is -0.342 e. The first-order valence-corrected chi connectivity index (χ1v) is 9.81. The van der Waals surface area contributed by atoms with Crippen molar-refractivity contribution in [2.24, 2.45) is 11.8 Å². The predicted octanol–water partition coefficient (Wildman–Crippen LogP) is 4.13. The molecule has 2 atom stereocenters. The Balaban J connectivity index is 1.29. The molecule has 2 aromatic carbocycles. The van der Waals surface area contributed by atoms with E-state index < -0.39 is 0 Å². The highest BCUT2D eigenvalue weighted by Crippen LogP contribution is 2.32. The van der Waals surface area contributed by atoms with Crippen LogP contribution in [-0.2, 0) is 17.8 Å². The Kier molecular flexibility index (Phi) is 5.21. The van der Waals surface area contributed by atoms with Crippen molar-refractivity contribution < 1.29 is 4.79 Å². The molecule has 2 aliphatic heterocycles. The van der Waals surface area contributed by atoms with E-state index in [0.29, 0.717) is 23.3 Å². The Morgan fingerprint density at radius 2 is 1.31 bits per heavy atom. The van der Waals surface area contributed by atoms with Crippen molar-refractivity contribution in [1.29, 1.82) is 0 Å². The summed E-state index contributed by atoms with van der Waals surface area (Å²) in [5, 5.41) is 1.49. The third-order valence-corrected chi connectivity index (χ3v) is 6.01. The number of benzene rings is 2. The van der Waals surface area contributed by atoms with Crippen LogP contribution in [-0.4, -0.2) is 41.9 Å². The SMILES string of the molecule is O=C(Cc1ccc(Cl)cc1)N1CC2CN(Cc3ccc(Cl)cc3)CC2C1. The highest BCUT2D eigenvalue weighted by molar-refractivity contribution is 6.30. The number of carbonyl (C=O) groups excluding carboxylic acids is 1. The van der Waals surface area contributed by atoms with E-state index in [0.717, 1.165) is 43.3 Å². The first-order chi connectivity index (χ1) is 12.6. The maximum absolute atomic E-state index is 12.6. The van der Waals surface area contributed by atoms with Crippen LogP contribution in [0.5, 0.6) is 0 Å². The molecule has 2 fully saturated rings. The normalized spacial score (nSPS) is 22.6. The van der Waals surface area contributed by atoms with Crippen molar-refractivity contribution in [1.82, 2.24) is 9.80 Å². The van der Waals surface area contributed by atoms with Crippen molar-refractivity contribution in [3.05, 3.63) is 69.7 Å². The van der Waals surface area contributed by atoms with Crippen LogP contribution in [0.3, 0.4) is 0 Å².